The number of primary amides is 1. The zero-order valence-corrected chi connectivity index (χ0v) is 21.9. The lowest BCUT2D eigenvalue weighted by molar-refractivity contribution is 0.0995. The SMILES string of the molecule is CCCc1cc(-c2c(F)cccc2F)nnc1[C@@](C)(CC(C)C)c1ccnc(-c2ccnc(C(N)=O)c2)n1. The van der Waals surface area contributed by atoms with E-state index in [0.29, 0.717) is 35.6 Å². The van der Waals surface area contributed by atoms with Gasteiger partial charge in [-0.3, -0.25) is 9.78 Å². The van der Waals surface area contributed by atoms with Gasteiger partial charge in [-0.05, 0) is 67.6 Å². The molecule has 0 aliphatic heterocycles. The van der Waals surface area contributed by atoms with Crippen molar-refractivity contribution in [3.63, 3.8) is 0 Å². The number of benzene rings is 1. The molecule has 1 aromatic carbocycles. The van der Waals surface area contributed by atoms with E-state index in [9.17, 15) is 13.6 Å². The number of aromatic nitrogens is 5. The van der Waals surface area contributed by atoms with Crippen LogP contribution in [0.15, 0.2) is 54.9 Å². The quantitative estimate of drug-likeness (QED) is 0.307. The van der Waals surface area contributed by atoms with Crippen LogP contribution in [-0.2, 0) is 11.8 Å². The van der Waals surface area contributed by atoms with Gasteiger partial charge in [0, 0.05) is 18.0 Å². The van der Waals surface area contributed by atoms with Crippen LogP contribution in [0.2, 0.25) is 0 Å². The van der Waals surface area contributed by atoms with Gasteiger partial charge in [0.05, 0.1) is 28.1 Å². The molecule has 1 atom stereocenters. The van der Waals surface area contributed by atoms with Gasteiger partial charge in [-0.15, -0.1) is 5.10 Å². The van der Waals surface area contributed by atoms with Crippen molar-refractivity contribution in [3.8, 4) is 22.6 Å². The second-order valence-corrected chi connectivity index (χ2v) is 9.94. The standard InChI is InChI=1S/C29H30F2N6O/c1-5-7-18-14-22(25-20(30)8-6-9-21(25)31)36-37-26(18)29(4,16-17(2)3)24-11-13-34-28(35-24)19-10-12-33-23(15-19)27(32)38/h6,8-15,17H,5,7,16H2,1-4H3,(H2,32,38)/t29-/m0/s1. The molecule has 9 heteroatoms. The topological polar surface area (TPSA) is 108 Å². The van der Waals surface area contributed by atoms with Crippen molar-refractivity contribution >= 4 is 5.91 Å². The Morgan fingerprint density at radius 3 is 2.39 bits per heavy atom. The molecule has 0 saturated carbocycles. The minimum Gasteiger partial charge on any atom is -0.364 e. The summed E-state index contributed by atoms with van der Waals surface area (Å²) in [7, 11) is 0. The number of aryl methyl sites for hydroxylation is 1. The molecule has 38 heavy (non-hydrogen) atoms. The van der Waals surface area contributed by atoms with E-state index in [2.05, 4.69) is 34.0 Å². The Morgan fingerprint density at radius 2 is 1.74 bits per heavy atom. The molecule has 3 heterocycles. The number of nitrogens with zero attached hydrogens (tertiary/aromatic N) is 5. The van der Waals surface area contributed by atoms with Crippen LogP contribution < -0.4 is 5.73 Å². The zero-order chi connectivity index (χ0) is 27.4. The summed E-state index contributed by atoms with van der Waals surface area (Å²) in [6.07, 6.45) is 5.29. The van der Waals surface area contributed by atoms with E-state index in [1.165, 1.54) is 24.4 Å². The largest absolute Gasteiger partial charge is 0.364 e. The molecular formula is C29H30F2N6O. The van der Waals surface area contributed by atoms with Crippen LogP contribution >= 0.6 is 0 Å². The molecule has 0 spiro atoms. The fourth-order valence-electron chi connectivity index (χ4n) is 4.87. The second kappa shape index (κ2) is 11.1. The van der Waals surface area contributed by atoms with Gasteiger partial charge in [0.15, 0.2) is 5.82 Å². The molecule has 0 aliphatic rings. The Morgan fingerprint density at radius 1 is 1.03 bits per heavy atom. The minimum absolute atomic E-state index is 0.119. The third kappa shape index (κ3) is 5.41. The van der Waals surface area contributed by atoms with Crippen molar-refractivity contribution in [1.82, 2.24) is 25.1 Å². The van der Waals surface area contributed by atoms with Gasteiger partial charge in [-0.25, -0.2) is 18.7 Å². The van der Waals surface area contributed by atoms with Gasteiger partial charge in [0.25, 0.3) is 5.91 Å². The monoisotopic (exact) mass is 516 g/mol. The molecule has 0 fully saturated rings. The normalized spacial score (nSPS) is 12.9. The highest BCUT2D eigenvalue weighted by Gasteiger charge is 2.36. The number of carbonyl (C=O) groups is 1. The molecule has 7 nitrogen and oxygen atoms in total. The molecule has 0 unspecified atom stereocenters. The van der Waals surface area contributed by atoms with Crippen LogP contribution in [0.1, 0.15) is 68.0 Å². The lowest BCUT2D eigenvalue weighted by atomic mass is 9.74. The van der Waals surface area contributed by atoms with Crippen molar-refractivity contribution in [2.24, 2.45) is 11.7 Å². The van der Waals surface area contributed by atoms with Crippen LogP contribution in [0, 0.1) is 17.6 Å². The fourth-order valence-corrected chi connectivity index (χ4v) is 4.87. The average Bonchev–Trinajstić information content (AvgIpc) is 2.88. The van der Waals surface area contributed by atoms with Gasteiger partial charge in [0.2, 0.25) is 0 Å². The van der Waals surface area contributed by atoms with Crippen LogP contribution in [0.3, 0.4) is 0 Å². The first-order valence-electron chi connectivity index (χ1n) is 12.5. The summed E-state index contributed by atoms with van der Waals surface area (Å²) in [4.78, 5) is 24.9. The number of hydrogen-bond donors (Lipinski definition) is 1. The second-order valence-electron chi connectivity index (χ2n) is 9.94. The maximum absolute atomic E-state index is 14.6. The zero-order valence-electron chi connectivity index (χ0n) is 21.9. The molecule has 4 aromatic rings. The van der Waals surface area contributed by atoms with Gasteiger partial charge in [-0.1, -0.05) is 33.3 Å². The summed E-state index contributed by atoms with van der Waals surface area (Å²) in [6, 6.07) is 10.6. The fraction of sp³-hybridized carbons (Fsp3) is 0.310. The van der Waals surface area contributed by atoms with E-state index in [-0.39, 0.29) is 22.9 Å². The van der Waals surface area contributed by atoms with E-state index in [4.69, 9.17) is 10.7 Å². The van der Waals surface area contributed by atoms with E-state index >= 15 is 0 Å². The first-order valence-corrected chi connectivity index (χ1v) is 12.5. The summed E-state index contributed by atoms with van der Waals surface area (Å²) in [5.74, 6) is -1.34. The number of rotatable bonds is 9. The maximum atomic E-state index is 14.6. The van der Waals surface area contributed by atoms with Gasteiger partial charge in [0.1, 0.15) is 17.3 Å². The summed E-state index contributed by atoms with van der Waals surface area (Å²) in [5, 5.41) is 8.87. The third-order valence-corrected chi connectivity index (χ3v) is 6.44. The summed E-state index contributed by atoms with van der Waals surface area (Å²) in [6.45, 7) is 8.31. The van der Waals surface area contributed by atoms with Crippen LogP contribution in [0.5, 0.6) is 0 Å². The summed E-state index contributed by atoms with van der Waals surface area (Å²) in [5.41, 5.74) is 7.66. The van der Waals surface area contributed by atoms with E-state index < -0.39 is 23.0 Å². The molecule has 3 aromatic heterocycles. The van der Waals surface area contributed by atoms with E-state index in [0.717, 1.165) is 12.0 Å². The maximum Gasteiger partial charge on any atom is 0.267 e. The molecule has 0 saturated heterocycles. The van der Waals surface area contributed by atoms with E-state index in [1.54, 1.807) is 24.4 Å². The Balaban J connectivity index is 1.88. The van der Waals surface area contributed by atoms with Crippen molar-refractivity contribution in [3.05, 3.63) is 89.1 Å². The van der Waals surface area contributed by atoms with Crippen molar-refractivity contribution in [1.29, 1.82) is 0 Å². The smallest absolute Gasteiger partial charge is 0.267 e. The first kappa shape index (κ1) is 26.9. The molecule has 0 radical (unpaired) electrons. The molecule has 4 rings (SSSR count). The van der Waals surface area contributed by atoms with Gasteiger partial charge in [-0.2, -0.15) is 5.10 Å². The van der Waals surface area contributed by atoms with Gasteiger partial charge >= 0.3 is 0 Å². The predicted octanol–water partition coefficient (Wildman–Crippen LogP) is 5.68. The number of nitrogens with two attached hydrogens (primary N) is 1. The molecule has 0 aliphatic carbocycles. The average molecular weight is 517 g/mol. The first-order chi connectivity index (χ1) is 18.1. The van der Waals surface area contributed by atoms with Crippen molar-refractivity contribution < 1.29 is 13.6 Å². The van der Waals surface area contributed by atoms with E-state index in [1.807, 2.05) is 19.9 Å². The Bertz CT molecular complexity index is 1460. The molecule has 0 bridgehead atoms. The highest BCUT2D eigenvalue weighted by atomic mass is 19.1. The highest BCUT2D eigenvalue weighted by molar-refractivity contribution is 5.91. The lowest BCUT2D eigenvalue weighted by Crippen LogP contribution is -2.30. The molecule has 196 valence electrons. The Hall–Kier alpha value is -4.14. The number of hydrogen-bond acceptors (Lipinski definition) is 6. The third-order valence-electron chi connectivity index (χ3n) is 6.44. The number of pyridine rings is 1. The predicted molar refractivity (Wildman–Crippen MR) is 141 cm³/mol. The Labute approximate surface area is 220 Å². The summed E-state index contributed by atoms with van der Waals surface area (Å²) < 4.78 is 29.1. The number of amides is 1. The molecular weight excluding hydrogens is 486 g/mol. The molecule has 2 N–H and O–H groups in total. The van der Waals surface area contributed by atoms with Crippen LogP contribution in [0.4, 0.5) is 8.78 Å². The number of carbonyl (C=O) groups excluding carboxylic acids is 1. The number of halogens is 2. The van der Waals surface area contributed by atoms with Crippen molar-refractivity contribution in [2.75, 3.05) is 0 Å². The van der Waals surface area contributed by atoms with Crippen LogP contribution in [-0.4, -0.2) is 31.1 Å². The highest BCUT2D eigenvalue weighted by Crippen LogP contribution is 2.39. The van der Waals surface area contributed by atoms with Gasteiger partial charge < -0.3 is 5.73 Å². The Kier molecular flexibility index (Phi) is 7.85. The lowest BCUT2D eigenvalue weighted by Gasteiger charge is -2.32. The minimum atomic E-state index is -0.687. The summed E-state index contributed by atoms with van der Waals surface area (Å²) >= 11 is 0. The van der Waals surface area contributed by atoms with Crippen LogP contribution in [0.25, 0.3) is 22.6 Å². The molecule has 1 amide bonds. The van der Waals surface area contributed by atoms with Crippen molar-refractivity contribution in [2.45, 2.75) is 52.4 Å².